The Balaban J connectivity index is 2.21. The Labute approximate surface area is 111 Å². The van der Waals surface area contributed by atoms with E-state index in [2.05, 4.69) is 0 Å². The second kappa shape index (κ2) is 4.56. The lowest BCUT2D eigenvalue weighted by Crippen LogP contribution is -2.35. The molecule has 5 heteroatoms. The highest BCUT2D eigenvalue weighted by molar-refractivity contribution is 5.58. The number of hydrogen-bond donors (Lipinski definition) is 1. The Morgan fingerprint density at radius 1 is 1.26 bits per heavy atom. The van der Waals surface area contributed by atoms with Gasteiger partial charge in [-0.25, -0.2) is 4.39 Å². The molecule has 0 spiro atoms. The lowest BCUT2D eigenvalue weighted by molar-refractivity contribution is 0.163. The number of hydrogen-bond acceptors (Lipinski definition) is 4. The first-order valence-corrected chi connectivity index (χ1v) is 6.61. The number of halogens is 1. The molecule has 3 rings (SSSR count). The van der Waals surface area contributed by atoms with Crippen molar-refractivity contribution >= 4 is 0 Å². The van der Waals surface area contributed by atoms with E-state index in [-0.39, 0.29) is 5.75 Å². The number of methoxy groups -OCH3 is 1. The van der Waals surface area contributed by atoms with E-state index in [4.69, 9.17) is 19.9 Å². The largest absolute Gasteiger partial charge is 0.493 e. The van der Waals surface area contributed by atoms with Gasteiger partial charge in [0.05, 0.1) is 12.7 Å². The van der Waals surface area contributed by atoms with Gasteiger partial charge in [-0.05, 0) is 12.8 Å². The summed E-state index contributed by atoms with van der Waals surface area (Å²) >= 11 is 0. The lowest BCUT2D eigenvalue weighted by Gasteiger charge is -2.31. The summed E-state index contributed by atoms with van der Waals surface area (Å²) in [5.41, 5.74) is 6.51. The van der Waals surface area contributed by atoms with Crippen molar-refractivity contribution in [2.24, 2.45) is 5.73 Å². The van der Waals surface area contributed by atoms with E-state index < -0.39 is 11.4 Å². The van der Waals surface area contributed by atoms with Gasteiger partial charge >= 0.3 is 0 Å². The van der Waals surface area contributed by atoms with Crippen molar-refractivity contribution in [3.8, 4) is 17.2 Å². The summed E-state index contributed by atoms with van der Waals surface area (Å²) in [6.45, 7) is 0.876. The van der Waals surface area contributed by atoms with E-state index >= 15 is 0 Å². The number of nitrogens with two attached hydrogens (primary N) is 1. The van der Waals surface area contributed by atoms with Crippen molar-refractivity contribution in [1.29, 1.82) is 0 Å². The monoisotopic (exact) mass is 267 g/mol. The van der Waals surface area contributed by atoms with Crippen molar-refractivity contribution in [1.82, 2.24) is 0 Å². The van der Waals surface area contributed by atoms with E-state index in [0.717, 1.165) is 25.7 Å². The van der Waals surface area contributed by atoms with E-state index in [9.17, 15) is 4.39 Å². The van der Waals surface area contributed by atoms with Crippen molar-refractivity contribution in [3.05, 3.63) is 17.4 Å². The highest BCUT2D eigenvalue weighted by Crippen LogP contribution is 2.50. The van der Waals surface area contributed by atoms with Gasteiger partial charge in [0.1, 0.15) is 13.2 Å². The van der Waals surface area contributed by atoms with Crippen molar-refractivity contribution in [2.45, 2.75) is 31.2 Å². The van der Waals surface area contributed by atoms with Crippen LogP contribution in [0.25, 0.3) is 0 Å². The molecule has 1 aromatic rings. The number of benzene rings is 1. The molecule has 0 radical (unpaired) electrons. The molecule has 0 amide bonds. The molecule has 2 N–H and O–H groups in total. The molecule has 1 fully saturated rings. The van der Waals surface area contributed by atoms with Crippen LogP contribution in [0.2, 0.25) is 0 Å². The van der Waals surface area contributed by atoms with E-state index in [1.165, 1.54) is 13.2 Å². The first kappa shape index (κ1) is 12.5. The molecule has 2 aliphatic rings. The molecule has 0 atom stereocenters. The van der Waals surface area contributed by atoms with Crippen LogP contribution in [0.15, 0.2) is 6.07 Å². The zero-order valence-corrected chi connectivity index (χ0v) is 11.0. The maximum atomic E-state index is 14.1. The quantitative estimate of drug-likeness (QED) is 0.893. The van der Waals surface area contributed by atoms with Gasteiger partial charge in [0.2, 0.25) is 0 Å². The Morgan fingerprint density at radius 3 is 2.63 bits per heavy atom. The zero-order chi connectivity index (χ0) is 13.5. The van der Waals surface area contributed by atoms with Crippen molar-refractivity contribution < 1.29 is 18.6 Å². The molecule has 1 heterocycles. The van der Waals surface area contributed by atoms with E-state index in [1.54, 1.807) is 0 Å². The summed E-state index contributed by atoms with van der Waals surface area (Å²) in [6.07, 6.45) is 3.68. The molecule has 104 valence electrons. The molecule has 0 aromatic heterocycles. The van der Waals surface area contributed by atoms with Crippen LogP contribution in [0.1, 0.15) is 31.2 Å². The summed E-state index contributed by atoms with van der Waals surface area (Å²) < 4.78 is 30.5. The molecule has 1 aromatic carbocycles. The van der Waals surface area contributed by atoms with Crippen molar-refractivity contribution in [3.63, 3.8) is 0 Å². The minimum absolute atomic E-state index is 0.189. The summed E-state index contributed by atoms with van der Waals surface area (Å²) in [5, 5.41) is 0. The van der Waals surface area contributed by atoms with Crippen LogP contribution in [0.4, 0.5) is 4.39 Å². The van der Waals surface area contributed by atoms with Crippen LogP contribution in [0.3, 0.4) is 0 Å². The maximum Gasteiger partial charge on any atom is 0.170 e. The predicted molar refractivity (Wildman–Crippen MR) is 68.3 cm³/mol. The van der Waals surface area contributed by atoms with Crippen LogP contribution >= 0.6 is 0 Å². The van der Waals surface area contributed by atoms with Gasteiger partial charge < -0.3 is 19.9 Å². The molecular weight excluding hydrogens is 249 g/mol. The second-order valence-corrected chi connectivity index (χ2v) is 5.15. The second-order valence-electron chi connectivity index (χ2n) is 5.15. The van der Waals surface area contributed by atoms with Crippen LogP contribution in [0, 0.1) is 5.82 Å². The lowest BCUT2D eigenvalue weighted by atomic mass is 9.87. The predicted octanol–water partition coefficient (Wildman–Crippen LogP) is 2.33. The standard InChI is InChI=1S/C14H18FNO3/c1-17-12-9(15)8-10-13(19-7-6-18-10)11(12)14(16)4-2-3-5-14/h8H,2-7,16H2,1H3. The van der Waals surface area contributed by atoms with Gasteiger partial charge in [0, 0.05) is 11.6 Å². The van der Waals surface area contributed by atoms with E-state index in [1.807, 2.05) is 0 Å². The topological polar surface area (TPSA) is 53.7 Å². The first-order chi connectivity index (χ1) is 9.15. The maximum absolute atomic E-state index is 14.1. The van der Waals surface area contributed by atoms with Crippen LogP contribution in [-0.4, -0.2) is 20.3 Å². The molecule has 1 aliphatic heterocycles. The Morgan fingerprint density at radius 2 is 1.95 bits per heavy atom. The van der Waals surface area contributed by atoms with Gasteiger partial charge in [0.15, 0.2) is 23.1 Å². The first-order valence-electron chi connectivity index (χ1n) is 6.61. The zero-order valence-electron chi connectivity index (χ0n) is 11.0. The van der Waals surface area contributed by atoms with Gasteiger partial charge in [-0.15, -0.1) is 0 Å². The average molecular weight is 267 g/mol. The fourth-order valence-corrected chi connectivity index (χ4v) is 3.05. The third-order valence-electron chi connectivity index (χ3n) is 3.94. The third kappa shape index (κ3) is 1.92. The minimum atomic E-state index is -0.585. The summed E-state index contributed by atoms with van der Waals surface area (Å²) in [4.78, 5) is 0. The molecule has 0 bridgehead atoms. The molecule has 1 saturated carbocycles. The molecule has 1 aliphatic carbocycles. The number of ether oxygens (including phenoxy) is 3. The molecule has 0 saturated heterocycles. The molecule has 0 unspecified atom stereocenters. The number of rotatable bonds is 2. The average Bonchev–Trinajstić information content (AvgIpc) is 2.85. The summed E-state index contributed by atoms with van der Waals surface area (Å²) in [5.74, 6) is 0.720. The van der Waals surface area contributed by atoms with Crippen molar-refractivity contribution in [2.75, 3.05) is 20.3 Å². The van der Waals surface area contributed by atoms with Gasteiger partial charge in [-0.3, -0.25) is 0 Å². The summed E-state index contributed by atoms with van der Waals surface area (Å²) in [6, 6.07) is 1.31. The van der Waals surface area contributed by atoms with E-state index in [0.29, 0.717) is 30.3 Å². The smallest absolute Gasteiger partial charge is 0.170 e. The third-order valence-corrected chi connectivity index (χ3v) is 3.94. The molecule has 19 heavy (non-hydrogen) atoms. The van der Waals surface area contributed by atoms with Crippen LogP contribution in [-0.2, 0) is 5.54 Å². The fraction of sp³-hybridized carbons (Fsp3) is 0.571. The normalized spacial score (nSPS) is 20.4. The Kier molecular flexibility index (Phi) is 3.01. The van der Waals surface area contributed by atoms with Gasteiger partial charge in [-0.2, -0.15) is 0 Å². The fourth-order valence-electron chi connectivity index (χ4n) is 3.05. The Bertz CT molecular complexity index is 498. The number of fused-ring (bicyclic) bond motifs is 1. The van der Waals surface area contributed by atoms with Crippen LogP contribution in [0.5, 0.6) is 17.2 Å². The van der Waals surface area contributed by atoms with Crippen LogP contribution < -0.4 is 19.9 Å². The Hall–Kier alpha value is -1.49. The van der Waals surface area contributed by atoms with Gasteiger partial charge in [0.25, 0.3) is 0 Å². The highest BCUT2D eigenvalue weighted by Gasteiger charge is 2.40. The summed E-state index contributed by atoms with van der Waals surface area (Å²) in [7, 11) is 1.45. The minimum Gasteiger partial charge on any atom is -0.493 e. The SMILES string of the molecule is COc1c(F)cc2c(c1C1(N)CCCC1)OCCO2. The van der Waals surface area contributed by atoms with Gasteiger partial charge in [-0.1, -0.05) is 12.8 Å². The molecule has 4 nitrogen and oxygen atoms in total. The highest BCUT2D eigenvalue weighted by atomic mass is 19.1. The molecular formula is C14H18FNO3.